The molecule has 1 rings (SSSR count). The topological polar surface area (TPSA) is 17.8 Å². The molecule has 0 unspecified atom stereocenters. The average molecular weight is 149 g/mol. The lowest BCUT2D eigenvalue weighted by molar-refractivity contribution is 0.501. The fourth-order valence-electron chi connectivity index (χ4n) is 0.609. The summed E-state index contributed by atoms with van der Waals surface area (Å²) in [4.78, 5) is 0. The minimum Gasteiger partial charge on any atom is -0.445 e. The second-order valence-electron chi connectivity index (χ2n) is 2.02. The lowest BCUT2D eigenvalue weighted by Gasteiger charge is -2.09. The first-order chi connectivity index (χ1) is 4.50. The molecule has 0 saturated heterocycles. The maximum absolute atomic E-state index is 11.8. The number of hydrogen-bond donors (Lipinski definition) is 0. The summed E-state index contributed by atoms with van der Waals surface area (Å²) in [5, 5.41) is 3.40. The van der Waals surface area contributed by atoms with Crippen LogP contribution in [-0.2, 0) is 7.05 Å². The van der Waals surface area contributed by atoms with Gasteiger partial charge in [-0.15, -0.1) is 0 Å². The van der Waals surface area contributed by atoms with Gasteiger partial charge in [-0.3, -0.25) is 4.68 Å². The number of rotatable bonds is 1. The maximum Gasteiger partial charge on any atom is 0.512 e. The van der Waals surface area contributed by atoms with Crippen molar-refractivity contribution in [1.29, 1.82) is 0 Å². The van der Waals surface area contributed by atoms with Crippen molar-refractivity contribution in [2.24, 2.45) is 7.05 Å². The van der Waals surface area contributed by atoms with Gasteiger partial charge in [0.1, 0.15) is 0 Å². The van der Waals surface area contributed by atoms with Gasteiger partial charge in [-0.05, 0) is 6.20 Å². The van der Waals surface area contributed by atoms with E-state index in [-0.39, 0.29) is 0 Å². The molecule has 56 valence electrons. The van der Waals surface area contributed by atoms with Crippen LogP contribution in [0.5, 0.6) is 0 Å². The van der Waals surface area contributed by atoms with Crippen molar-refractivity contribution < 1.29 is 12.9 Å². The van der Waals surface area contributed by atoms with Gasteiger partial charge in [0.2, 0.25) is 0 Å². The molecule has 0 atom stereocenters. The van der Waals surface area contributed by atoms with Crippen LogP contribution in [0, 0.1) is 0 Å². The number of aryl methyl sites for hydroxylation is 1. The number of halogens is 3. The molecular weight excluding hydrogens is 144 g/mol. The smallest absolute Gasteiger partial charge is 0.445 e. The third kappa shape index (κ3) is 1.31. The van der Waals surface area contributed by atoms with Crippen molar-refractivity contribution in [3.8, 4) is 0 Å². The van der Waals surface area contributed by atoms with Gasteiger partial charge in [0, 0.05) is 13.2 Å². The summed E-state index contributed by atoms with van der Waals surface area (Å²) >= 11 is 0. The van der Waals surface area contributed by atoms with E-state index in [9.17, 15) is 12.9 Å². The van der Waals surface area contributed by atoms with E-state index in [1.54, 1.807) is 0 Å². The van der Waals surface area contributed by atoms with Crippen LogP contribution in [0.2, 0.25) is 0 Å². The fraction of sp³-hybridized carbons (Fsp3) is 0.250. The molecule has 0 aromatic carbocycles. The molecule has 0 bridgehead atoms. The zero-order chi connectivity index (χ0) is 7.78. The largest absolute Gasteiger partial charge is 0.512 e. The van der Waals surface area contributed by atoms with E-state index in [1.165, 1.54) is 7.05 Å². The first-order valence-corrected chi connectivity index (χ1v) is 2.68. The molecule has 0 radical (unpaired) electrons. The predicted molar refractivity (Wildman–Crippen MR) is 31.9 cm³/mol. The molecule has 0 aliphatic carbocycles. The van der Waals surface area contributed by atoms with Crippen LogP contribution in [0.4, 0.5) is 12.9 Å². The van der Waals surface area contributed by atoms with Crippen molar-refractivity contribution in [3.63, 3.8) is 0 Å². The summed E-state index contributed by atoms with van der Waals surface area (Å²) in [5.74, 6) is 0. The maximum atomic E-state index is 11.8. The summed E-state index contributed by atoms with van der Waals surface area (Å²) in [6, 6.07) is 0. The second kappa shape index (κ2) is 2.03. The summed E-state index contributed by atoms with van der Waals surface area (Å²) in [7, 11) is 1.45. The summed E-state index contributed by atoms with van der Waals surface area (Å²) in [5.41, 5.74) is -0.650. The molecule has 0 N–H and O–H groups in total. The van der Waals surface area contributed by atoms with Gasteiger partial charge in [0.15, 0.2) is 0 Å². The minimum absolute atomic E-state index is 0.650. The highest BCUT2D eigenvalue weighted by molar-refractivity contribution is 6.73. The quantitative estimate of drug-likeness (QED) is 0.530. The zero-order valence-electron chi connectivity index (χ0n) is 5.26. The van der Waals surface area contributed by atoms with E-state index in [4.69, 9.17) is 0 Å². The number of hydrogen-bond acceptors (Lipinski definition) is 1. The Bertz CT molecular complexity index is 229. The summed E-state index contributed by atoms with van der Waals surface area (Å²) in [6.45, 7) is -4.87. The average Bonchev–Trinajstić information content (AvgIpc) is 2.11. The Balaban J connectivity index is 2.96. The van der Waals surface area contributed by atoms with E-state index in [0.717, 1.165) is 17.1 Å². The lowest BCUT2D eigenvalue weighted by Crippen LogP contribution is -2.32. The highest BCUT2D eigenvalue weighted by Crippen LogP contribution is 2.06. The van der Waals surface area contributed by atoms with Crippen LogP contribution in [0.1, 0.15) is 0 Å². The zero-order valence-corrected chi connectivity index (χ0v) is 5.26. The van der Waals surface area contributed by atoms with E-state index in [2.05, 4.69) is 5.10 Å². The lowest BCUT2D eigenvalue weighted by atomic mass is 9.83. The standard InChI is InChI=1S/C4H5BF3N2/c1-10-3-4(2-9-10)5(6,7)8/h2-3H,1H3/q-1. The van der Waals surface area contributed by atoms with Crippen LogP contribution in [0.25, 0.3) is 0 Å². The predicted octanol–water partition coefficient (Wildman–Crippen LogP) is 0.474. The third-order valence-electron chi connectivity index (χ3n) is 1.10. The van der Waals surface area contributed by atoms with Crippen molar-refractivity contribution >= 4 is 12.4 Å². The Morgan fingerprint density at radius 1 is 1.50 bits per heavy atom. The Morgan fingerprint density at radius 2 is 2.10 bits per heavy atom. The molecule has 1 aromatic heterocycles. The molecule has 1 heterocycles. The van der Waals surface area contributed by atoms with E-state index in [1.807, 2.05) is 0 Å². The summed E-state index contributed by atoms with van der Waals surface area (Å²) in [6.07, 6.45) is 1.78. The van der Waals surface area contributed by atoms with E-state index in [0.29, 0.717) is 0 Å². The van der Waals surface area contributed by atoms with Crippen molar-refractivity contribution in [3.05, 3.63) is 12.4 Å². The van der Waals surface area contributed by atoms with Crippen molar-refractivity contribution in [1.82, 2.24) is 9.78 Å². The molecule has 2 nitrogen and oxygen atoms in total. The fourth-order valence-corrected chi connectivity index (χ4v) is 0.609. The summed E-state index contributed by atoms with van der Waals surface area (Å²) < 4.78 is 36.6. The van der Waals surface area contributed by atoms with Gasteiger partial charge in [-0.25, -0.2) is 0 Å². The monoisotopic (exact) mass is 149 g/mol. The Hall–Kier alpha value is -0.935. The molecule has 1 aromatic rings. The van der Waals surface area contributed by atoms with Crippen LogP contribution in [0.15, 0.2) is 12.4 Å². The molecule has 0 aliphatic heterocycles. The Kier molecular flexibility index (Phi) is 1.46. The molecule has 0 aliphatic rings. The molecule has 0 saturated carbocycles. The third-order valence-corrected chi connectivity index (χ3v) is 1.10. The van der Waals surface area contributed by atoms with Crippen molar-refractivity contribution in [2.45, 2.75) is 0 Å². The van der Waals surface area contributed by atoms with E-state index >= 15 is 0 Å². The van der Waals surface area contributed by atoms with Crippen LogP contribution < -0.4 is 5.46 Å². The minimum atomic E-state index is -4.87. The van der Waals surface area contributed by atoms with Crippen LogP contribution >= 0.6 is 0 Å². The molecule has 10 heavy (non-hydrogen) atoms. The van der Waals surface area contributed by atoms with Crippen LogP contribution in [0.3, 0.4) is 0 Å². The Labute approximate surface area is 55.7 Å². The molecule has 6 heteroatoms. The molecule has 0 amide bonds. The highest BCUT2D eigenvalue weighted by Gasteiger charge is 2.26. The first kappa shape index (κ1) is 7.18. The normalized spacial score (nSPS) is 12.0. The number of aromatic nitrogens is 2. The number of nitrogens with zero attached hydrogens (tertiary/aromatic N) is 2. The molecule has 0 spiro atoms. The van der Waals surface area contributed by atoms with Gasteiger partial charge in [0.25, 0.3) is 0 Å². The van der Waals surface area contributed by atoms with Gasteiger partial charge >= 0.3 is 6.98 Å². The van der Waals surface area contributed by atoms with E-state index < -0.39 is 12.4 Å². The van der Waals surface area contributed by atoms with Crippen LogP contribution in [-0.4, -0.2) is 16.8 Å². The van der Waals surface area contributed by atoms with Gasteiger partial charge < -0.3 is 12.9 Å². The van der Waals surface area contributed by atoms with Gasteiger partial charge in [-0.2, -0.15) is 5.10 Å². The highest BCUT2D eigenvalue weighted by atomic mass is 19.4. The Morgan fingerprint density at radius 3 is 2.30 bits per heavy atom. The van der Waals surface area contributed by atoms with Gasteiger partial charge in [0.05, 0.1) is 0 Å². The van der Waals surface area contributed by atoms with Crippen molar-refractivity contribution in [2.75, 3.05) is 0 Å². The first-order valence-electron chi connectivity index (χ1n) is 2.68. The second-order valence-corrected chi connectivity index (χ2v) is 2.02. The van der Waals surface area contributed by atoms with Gasteiger partial charge in [-0.1, -0.05) is 5.46 Å². The molecular formula is C4H5BF3N2-. The SMILES string of the molecule is Cn1cc([B-](F)(F)F)cn1. The molecule has 0 fully saturated rings.